The number of hydrogen-bond donors (Lipinski definition) is 0. The van der Waals surface area contributed by atoms with Gasteiger partial charge in [-0.05, 0) is 36.5 Å². The first-order chi connectivity index (χ1) is 14.1. The van der Waals surface area contributed by atoms with Crippen molar-refractivity contribution in [1.29, 1.82) is 0 Å². The van der Waals surface area contributed by atoms with Gasteiger partial charge in [0.05, 0.1) is 0 Å². The maximum absolute atomic E-state index is 2.12. The Kier molecular flexibility index (Phi) is 34.3. The van der Waals surface area contributed by atoms with E-state index in [9.17, 15) is 0 Å². The molecule has 31 heavy (non-hydrogen) atoms. The number of hydrogen-bond acceptors (Lipinski definition) is 0. The molecule has 0 spiro atoms. The standard InChI is InChI=1S/C20H36.3C3H8.K.H3P.H/c1-3-7-17(8-4-1)15-19-11-13-20(14-12-19)16-18-9-5-2-6-10-18;3*1-3-2;;;/h17-20H,1-16H2;3*3H2,1-2H3;;1H3;/q;;;;+1;;-1. The van der Waals surface area contributed by atoms with E-state index in [1.165, 1.54) is 57.8 Å². The molecule has 0 amide bonds. The molecular weight excluding hydrogens is 418 g/mol. The van der Waals surface area contributed by atoms with Crippen LogP contribution in [-0.4, -0.2) is 0 Å². The minimum absolute atomic E-state index is 0. The van der Waals surface area contributed by atoms with Crippen molar-refractivity contribution >= 4 is 9.90 Å². The maximum atomic E-state index is 2.12. The van der Waals surface area contributed by atoms with Crippen LogP contribution in [0.25, 0.3) is 0 Å². The molecule has 3 fully saturated rings. The average molecular weight is 483 g/mol. The van der Waals surface area contributed by atoms with Gasteiger partial charge < -0.3 is 1.43 Å². The van der Waals surface area contributed by atoms with Crippen molar-refractivity contribution in [2.75, 3.05) is 0 Å². The van der Waals surface area contributed by atoms with Crippen LogP contribution in [0.4, 0.5) is 0 Å². The van der Waals surface area contributed by atoms with E-state index in [1.54, 1.807) is 64.2 Å². The summed E-state index contributed by atoms with van der Waals surface area (Å²) in [7, 11) is 0. The van der Waals surface area contributed by atoms with E-state index in [0.29, 0.717) is 0 Å². The molecule has 3 saturated carbocycles. The molecule has 186 valence electrons. The molecule has 0 bridgehead atoms. The molecule has 1 atom stereocenters. The smallest absolute Gasteiger partial charge is 1.00 e. The Labute approximate surface area is 247 Å². The van der Waals surface area contributed by atoms with E-state index in [4.69, 9.17) is 0 Å². The summed E-state index contributed by atoms with van der Waals surface area (Å²) in [5.41, 5.74) is 0. The van der Waals surface area contributed by atoms with Crippen molar-refractivity contribution < 1.29 is 52.8 Å². The van der Waals surface area contributed by atoms with Crippen molar-refractivity contribution in [3.05, 3.63) is 0 Å². The first-order valence-electron chi connectivity index (χ1n) is 14.1. The van der Waals surface area contributed by atoms with Crippen molar-refractivity contribution in [2.24, 2.45) is 23.7 Å². The summed E-state index contributed by atoms with van der Waals surface area (Å²) in [5, 5.41) is 0. The van der Waals surface area contributed by atoms with Gasteiger partial charge in [-0.2, -0.15) is 9.90 Å². The molecule has 3 aliphatic rings. The summed E-state index contributed by atoms with van der Waals surface area (Å²) in [6.07, 6.45) is 28.6. The van der Waals surface area contributed by atoms with Crippen LogP contribution in [0.15, 0.2) is 0 Å². The van der Waals surface area contributed by atoms with E-state index in [1.807, 2.05) is 0 Å². The van der Waals surface area contributed by atoms with Crippen molar-refractivity contribution in [2.45, 2.75) is 164 Å². The zero-order chi connectivity index (χ0) is 21.7. The van der Waals surface area contributed by atoms with Crippen LogP contribution in [-0.2, 0) is 0 Å². The van der Waals surface area contributed by atoms with Gasteiger partial charge in [-0.3, -0.25) is 0 Å². The summed E-state index contributed by atoms with van der Waals surface area (Å²) >= 11 is 0. The SMILES string of the molecule is C1CCC(CC2CCC(CC3CCCCC3)CC2)CC1.CCC.CCC.CCC.P.[H-].[K+]. The Morgan fingerprint density at radius 1 is 0.419 bits per heavy atom. The van der Waals surface area contributed by atoms with Crippen LogP contribution in [0.5, 0.6) is 0 Å². The van der Waals surface area contributed by atoms with Gasteiger partial charge in [0, 0.05) is 0 Å². The van der Waals surface area contributed by atoms with Gasteiger partial charge in [0.15, 0.2) is 0 Å². The van der Waals surface area contributed by atoms with Crippen LogP contribution in [0, 0.1) is 23.7 Å². The molecule has 0 aromatic carbocycles. The maximum Gasteiger partial charge on any atom is 1.00 e. The first kappa shape index (κ1) is 37.6. The van der Waals surface area contributed by atoms with Crippen LogP contribution >= 0.6 is 9.90 Å². The van der Waals surface area contributed by atoms with Gasteiger partial charge >= 0.3 is 51.4 Å². The fraction of sp³-hybridized carbons (Fsp3) is 1.00. The van der Waals surface area contributed by atoms with Crippen LogP contribution in [0.2, 0.25) is 0 Å². The summed E-state index contributed by atoms with van der Waals surface area (Å²) < 4.78 is 0. The predicted molar refractivity (Wildman–Crippen MR) is 148 cm³/mol. The Bertz CT molecular complexity index is 274. The molecule has 0 aromatic rings. The number of rotatable bonds is 4. The van der Waals surface area contributed by atoms with Gasteiger partial charge in [0.1, 0.15) is 0 Å². The van der Waals surface area contributed by atoms with Crippen LogP contribution < -0.4 is 51.4 Å². The molecule has 2 heteroatoms. The minimum Gasteiger partial charge on any atom is -1.00 e. The first-order valence-corrected chi connectivity index (χ1v) is 14.1. The average Bonchev–Trinajstić information content (AvgIpc) is 2.73. The summed E-state index contributed by atoms with van der Waals surface area (Å²) in [5.74, 6) is 4.45. The third kappa shape index (κ3) is 22.3. The molecule has 3 aliphatic carbocycles. The molecule has 3 rings (SSSR count). The van der Waals surface area contributed by atoms with Gasteiger partial charge in [0.25, 0.3) is 0 Å². The summed E-state index contributed by atoms with van der Waals surface area (Å²) in [6, 6.07) is 0. The molecule has 1 unspecified atom stereocenters. The van der Waals surface area contributed by atoms with E-state index >= 15 is 0 Å². The molecule has 0 saturated heterocycles. The molecule has 0 aromatic heterocycles. The molecular formula is C29H64KP. The van der Waals surface area contributed by atoms with Gasteiger partial charge in [-0.1, -0.05) is 151 Å². The van der Waals surface area contributed by atoms with E-state index in [-0.39, 0.29) is 62.7 Å². The van der Waals surface area contributed by atoms with Crippen LogP contribution in [0.1, 0.15) is 165 Å². The van der Waals surface area contributed by atoms with Crippen molar-refractivity contribution in [1.82, 2.24) is 0 Å². The third-order valence-electron chi connectivity index (χ3n) is 6.75. The van der Waals surface area contributed by atoms with Gasteiger partial charge in [-0.15, -0.1) is 0 Å². The largest absolute Gasteiger partial charge is 1.00 e. The van der Waals surface area contributed by atoms with Crippen molar-refractivity contribution in [3.8, 4) is 0 Å². The normalized spacial score (nSPS) is 23.8. The molecule has 0 aliphatic heterocycles. The second-order valence-electron chi connectivity index (χ2n) is 10.5. The van der Waals surface area contributed by atoms with E-state index in [0.717, 1.165) is 23.7 Å². The topological polar surface area (TPSA) is 0 Å². The minimum atomic E-state index is 0. The summed E-state index contributed by atoms with van der Waals surface area (Å²) in [4.78, 5) is 0. The van der Waals surface area contributed by atoms with Crippen molar-refractivity contribution in [3.63, 3.8) is 0 Å². The molecule has 0 heterocycles. The molecule has 0 nitrogen and oxygen atoms in total. The third-order valence-corrected chi connectivity index (χ3v) is 6.75. The Morgan fingerprint density at radius 2 is 0.613 bits per heavy atom. The molecule has 0 radical (unpaired) electrons. The fourth-order valence-corrected chi connectivity index (χ4v) is 5.49. The zero-order valence-corrected chi connectivity index (χ0v) is 28.0. The quantitative estimate of drug-likeness (QED) is 0.280. The van der Waals surface area contributed by atoms with E-state index in [2.05, 4.69) is 41.5 Å². The van der Waals surface area contributed by atoms with E-state index < -0.39 is 0 Å². The monoisotopic (exact) mass is 482 g/mol. The Morgan fingerprint density at radius 3 is 0.839 bits per heavy atom. The van der Waals surface area contributed by atoms with Gasteiger partial charge in [-0.25, -0.2) is 0 Å². The van der Waals surface area contributed by atoms with Gasteiger partial charge in [0.2, 0.25) is 0 Å². The second-order valence-corrected chi connectivity index (χ2v) is 10.5. The second kappa shape index (κ2) is 28.3. The predicted octanol–water partition coefficient (Wildman–Crippen LogP) is 8.16. The fourth-order valence-electron chi connectivity index (χ4n) is 5.49. The summed E-state index contributed by atoms with van der Waals surface area (Å²) in [6.45, 7) is 12.8. The zero-order valence-electron chi connectivity index (χ0n) is 24.5. The Balaban J connectivity index is -0.000000286. The Hall–Kier alpha value is 2.07. The molecule has 0 N–H and O–H groups in total. The van der Waals surface area contributed by atoms with Crippen LogP contribution in [0.3, 0.4) is 0 Å².